The number of carbonyl (C=O) groups is 3. The zero-order valence-corrected chi connectivity index (χ0v) is 37.0. The first-order valence-corrected chi connectivity index (χ1v) is 23.8. The number of nitrogens with zero attached hydrogens (tertiary/aromatic N) is 4. The lowest BCUT2D eigenvalue weighted by Gasteiger charge is -2.29. The highest BCUT2D eigenvalue weighted by molar-refractivity contribution is 7.91. The summed E-state index contributed by atoms with van der Waals surface area (Å²) in [6.45, 7) is 7.73. The average molecular weight is 872 g/mol. The third-order valence-electron chi connectivity index (χ3n) is 13.2. The van der Waals surface area contributed by atoms with Crippen molar-refractivity contribution in [2.75, 3.05) is 13.7 Å². The molecule has 4 heterocycles. The van der Waals surface area contributed by atoms with Crippen LogP contribution in [0.25, 0.3) is 21.7 Å². The summed E-state index contributed by atoms with van der Waals surface area (Å²) >= 11 is 1.44. The summed E-state index contributed by atoms with van der Waals surface area (Å²) in [7, 11) is -2.37. The highest BCUT2D eigenvalue weighted by Gasteiger charge is 2.62. The summed E-state index contributed by atoms with van der Waals surface area (Å²) in [6.07, 6.45) is 8.47. The summed E-state index contributed by atoms with van der Waals surface area (Å²) in [5.74, 6) is -1.02. The van der Waals surface area contributed by atoms with Gasteiger partial charge in [-0.3, -0.25) is 19.1 Å². The van der Waals surface area contributed by atoms with Gasteiger partial charge in [0.1, 0.15) is 17.7 Å². The van der Waals surface area contributed by atoms with Crippen molar-refractivity contribution in [1.82, 2.24) is 24.6 Å². The number of carbonyl (C=O) groups excluding carboxylic acids is 3. The van der Waals surface area contributed by atoms with E-state index in [4.69, 9.17) is 24.4 Å². The number of aryl methyl sites for hydroxylation is 1. The molecule has 324 valence electrons. The number of allylic oxidation sites excluding steroid dienone is 2. The minimum Gasteiger partial charge on any atom is -0.496 e. The zero-order valence-electron chi connectivity index (χ0n) is 35.4. The minimum atomic E-state index is -3.96. The summed E-state index contributed by atoms with van der Waals surface area (Å²) in [5.41, 5.74) is 1.74. The van der Waals surface area contributed by atoms with E-state index in [1.54, 1.807) is 25.0 Å². The molecule has 2 aliphatic heterocycles. The van der Waals surface area contributed by atoms with Gasteiger partial charge in [0.2, 0.25) is 27.7 Å². The maximum atomic E-state index is 14.9. The summed E-state index contributed by atoms with van der Waals surface area (Å²) in [4.78, 5) is 60.1. The number of hydrogen-bond acceptors (Lipinski definition) is 11. The van der Waals surface area contributed by atoms with Crippen LogP contribution < -0.4 is 14.2 Å². The monoisotopic (exact) mass is 871 g/mol. The Hall–Kier alpha value is -4.76. The van der Waals surface area contributed by atoms with Gasteiger partial charge in [-0.2, -0.15) is 4.98 Å². The number of halogens is 1. The molecule has 61 heavy (non-hydrogen) atoms. The van der Waals surface area contributed by atoms with Gasteiger partial charge >= 0.3 is 0 Å². The predicted octanol–water partition coefficient (Wildman–Crippen LogP) is 8.02. The second-order valence-corrected chi connectivity index (χ2v) is 21.0. The number of sulfonamides is 1. The molecule has 12 nitrogen and oxygen atoms in total. The van der Waals surface area contributed by atoms with Gasteiger partial charge in [-0.1, -0.05) is 51.0 Å². The normalized spacial score (nSPS) is 25.9. The fraction of sp³-hybridized carbons (Fsp3) is 0.522. The molecule has 2 saturated carbocycles. The standard InChI is InChI=1S/C46H54FN5O7S2/c1-27(2)35-26-60-42(48-35)40-49-39-28(3)38(58-5)17-16-34(39)41(50-40)59-33-22-36-37(53)24-46(44(55)51-61(56,57)45(4)18-19-45)23-31(46)14-10-8-6-7-9-13-30(43(54)52(36)25-33)20-29-12-11-15-32(47)21-29/h10-12,14-17,21,26-27,30-31,33,36H,6-9,13,18-20,22-25H2,1-5H3,(H,51,55)/b14-10-/t30-,31-,33-,36+,46-/m1/s1. The average Bonchev–Trinajstić information content (AvgIpc) is 3.99. The van der Waals surface area contributed by atoms with Gasteiger partial charge in [0.15, 0.2) is 16.6 Å². The van der Waals surface area contributed by atoms with Crippen molar-refractivity contribution in [3.8, 4) is 22.5 Å². The Morgan fingerprint density at radius 1 is 1.10 bits per heavy atom. The predicted molar refractivity (Wildman–Crippen MR) is 231 cm³/mol. The lowest BCUT2D eigenvalue weighted by molar-refractivity contribution is -0.142. The number of fused-ring (bicyclic) bond motifs is 3. The number of amides is 2. The zero-order chi connectivity index (χ0) is 43.3. The Kier molecular flexibility index (Phi) is 11.8. The van der Waals surface area contributed by atoms with Crippen molar-refractivity contribution in [2.45, 2.75) is 121 Å². The number of benzene rings is 2. The van der Waals surface area contributed by atoms with E-state index in [-0.39, 0.29) is 61.0 Å². The van der Waals surface area contributed by atoms with Gasteiger partial charge in [0.25, 0.3) is 0 Å². The highest BCUT2D eigenvalue weighted by Crippen LogP contribution is 2.57. The molecule has 0 radical (unpaired) electrons. The summed E-state index contributed by atoms with van der Waals surface area (Å²) in [5, 5.41) is 3.24. The Balaban J connectivity index is 1.15. The lowest BCUT2D eigenvalue weighted by atomic mass is 9.90. The molecule has 2 aromatic heterocycles. The van der Waals surface area contributed by atoms with Crippen LogP contribution >= 0.6 is 11.3 Å². The molecule has 0 unspecified atom stereocenters. The van der Waals surface area contributed by atoms with E-state index in [0.29, 0.717) is 58.7 Å². The van der Waals surface area contributed by atoms with Crippen molar-refractivity contribution in [1.29, 1.82) is 0 Å². The third-order valence-corrected chi connectivity index (χ3v) is 16.2. The lowest BCUT2D eigenvalue weighted by Crippen LogP contribution is -2.47. The topological polar surface area (TPSA) is 158 Å². The van der Waals surface area contributed by atoms with Crippen LogP contribution in [0, 0.1) is 30.0 Å². The van der Waals surface area contributed by atoms with Gasteiger partial charge in [-0.05, 0) is 100 Å². The second kappa shape index (κ2) is 16.8. The van der Waals surface area contributed by atoms with Crippen LogP contribution in [0.1, 0.15) is 108 Å². The molecular weight excluding hydrogens is 818 g/mol. The molecule has 3 fully saturated rings. The van der Waals surface area contributed by atoms with Crippen molar-refractivity contribution >= 4 is 49.9 Å². The van der Waals surface area contributed by atoms with Crippen LogP contribution in [0.15, 0.2) is 53.9 Å². The largest absolute Gasteiger partial charge is 0.496 e. The SMILES string of the molecule is COc1ccc2c(O[C@@H]3C[C@H]4C(=O)C[C@]5(C(=O)NS(=O)(=O)C6(C)CC6)C[C@H]5/C=C\CCCCC[C@H](Cc5cccc(F)c5)C(=O)N4C3)nc(-c3nc(C(C)C)cs3)nc2c1C. The molecule has 15 heteroatoms. The Morgan fingerprint density at radius 3 is 2.62 bits per heavy atom. The van der Waals surface area contributed by atoms with Crippen molar-refractivity contribution in [3.63, 3.8) is 0 Å². The van der Waals surface area contributed by atoms with Crippen molar-refractivity contribution in [2.24, 2.45) is 17.3 Å². The fourth-order valence-corrected chi connectivity index (χ4v) is 11.1. The van der Waals surface area contributed by atoms with Crippen molar-refractivity contribution < 1.29 is 36.7 Å². The van der Waals surface area contributed by atoms with E-state index >= 15 is 0 Å². The van der Waals surface area contributed by atoms with Gasteiger partial charge in [-0.15, -0.1) is 11.3 Å². The van der Waals surface area contributed by atoms with Crippen LogP contribution in [0.2, 0.25) is 0 Å². The molecule has 1 N–H and O–H groups in total. The summed E-state index contributed by atoms with van der Waals surface area (Å²) in [6, 6.07) is 8.95. The van der Waals surface area contributed by atoms with Crippen LogP contribution in [-0.4, -0.2) is 76.4 Å². The first kappa shape index (κ1) is 42.9. The first-order valence-electron chi connectivity index (χ1n) is 21.4. The van der Waals surface area contributed by atoms with E-state index in [1.807, 2.05) is 42.7 Å². The molecule has 2 aromatic carbocycles. The van der Waals surface area contributed by atoms with E-state index in [2.05, 4.69) is 18.6 Å². The number of ether oxygens (including phenoxy) is 2. The Labute approximate surface area is 360 Å². The number of thiazole rings is 1. The Morgan fingerprint density at radius 2 is 1.90 bits per heavy atom. The maximum Gasteiger partial charge on any atom is 0.240 e. The van der Waals surface area contributed by atoms with E-state index in [9.17, 15) is 27.2 Å². The molecule has 5 atom stereocenters. The van der Waals surface area contributed by atoms with Gasteiger partial charge < -0.3 is 14.4 Å². The molecule has 0 bridgehead atoms. The Bertz CT molecular complexity index is 2500. The van der Waals surface area contributed by atoms with E-state index in [1.165, 1.54) is 23.5 Å². The number of hydrogen-bond donors (Lipinski definition) is 1. The first-order chi connectivity index (χ1) is 29.1. The quantitative estimate of drug-likeness (QED) is 0.155. The number of nitrogens with one attached hydrogen (secondary N) is 1. The molecule has 2 amide bonds. The van der Waals surface area contributed by atoms with E-state index in [0.717, 1.165) is 36.9 Å². The molecular formula is C46H54FN5O7S2. The molecule has 4 aliphatic rings. The fourth-order valence-electron chi connectivity index (χ4n) is 8.87. The van der Waals surface area contributed by atoms with Gasteiger partial charge in [-0.25, -0.2) is 22.8 Å². The van der Waals surface area contributed by atoms with Crippen LogP contribution in [0.3, 0.4) is 0 Å². The second-order valence-electron chi connectivity index (χ2n) is 17.9. The molecule has 0 spiro atoms. The number of rotatable bonds is 10. The van der Waals surface area contributed by atoms with Crippen LogP contribution in [0.4, 0.5) is 4.39 Å². The van der Waals surface area contributed by atoms with Gasteiger partial charge in [0, 0.05) is 29.7 Å². The van der Waals surface area contributed by atoms with E-state index < -0.39 is 44.2 Å². The summed E-state index contributed by atoms with van der Waals surface area (Å²) < 4.78 is 54.8. The van der Waals surface area contributed by atoms with Gasteiger partial charge in [0.05, 0.1) is 46.5 Å². The van der Waals surface area contributed by atoms with Crippen LogP contribution in [-0.2, 0) is 30.8 Å². The maximum absolute atomic E-state index is 14.9. The number of ketones is 1. The molecule has 8 rings (SSSR count). The van der Waals surface area contributed by atoms with Crippen LogP contribution in [0.5, 0.6) is 11.6 Å². The number of aromatic nitrogens is 3. The number of Topliss-reactive ketones (excluding diaryl/α,β-unsaturated/α-hetero) is 1. The minimum absolute atomic E-state index is 0.0644. The molecule has 1 saturated heterocycles. The van der Waals surface area contributed by atoms with Crippen molar-refractivity contribution in [3.05, 3.63) is 76.6 Å². The number of methoxy groups -OCH3 is 1. The third kappa shape index (κ3) is 8.69. The smallest absolute Gasteiger partial charge is 0.240 e. The molecule has 2 aliphatic carbocycles. The highest BCUT2D eigenvalue weighted by atomic mass is 32.2. The molecule has 4 aromatic rings.